The first-order chi connectivity index (χ1) is 9.49. The van der Waals surface area contributed by atoms with Gasteiger partial charge < -0.3 is 16.8 Å². The minimum Gasteiger partial charge on any atom is -0.399 e. The molecule has 0 saturated carbocycles. The van der Waals surface area contributed by atoms with Crippen molar-refractivity contribution in [3.05, 3.63) is 41.1 Å². The second-order valence-corrected chi connectivity index (χ2v) is 4.72. The largest absolute Gasteiger partial charge is 0.399 e. The number of hydrogen-bond acceptors (Lipinski definition) is 4. The Morgan fingerprint density at radius 1 is 1.35 bits per heavy atom. The number of aromatic nitrogens is 2. The maximum Gasteiger partial charge on any atom is 0.254 e. The SMILES string of the molecule is Cc1nn(C)c(NCCc2ccc(N)cc2)c1C(N)=O. The monoisotopic (exact) mass is 273 g/mol. The van der Waals surface area contributed by atoms with Gasteiger partial charge in [-0.15, -0.1) is 0 Å². The number of hydrogen-bond donors (Lipinski definition) is 3. The van der Waals surface area contributed by atoms with Gasteiger partial charge in [-0.3, -0.25) is 9.48 Å². The number of aryl methyl sites for hydroxylation is 2. The van der Waals surface area contributed by atoms with Crippen LogP contribution in [0, 0.1) is 6.92 Å². The van der Waals surface area contributed by atoms with Crippen LogP contribution in [0.3, 0.4) is 0 Å². The van der Waals surface area contributed by atoms with Crippen LogP contribution in [0.25, 0.3) is 0 Å². The molecule has 0 saturated heterocycles. The van der Waals surface area contributed by atoms with E-state index in [1.54, 1.807) is 18.7 Å². The van der Waals surface area contributed by atoms with Crippen LogP contribution in [-0.2, 0) is 13.5 Å². The lowest BCUT2D eigenvalue weighted by molar-refractivity contribution is 0.100. The highest BCUT2D eigenvalue weighted by Crippen LogP contribution is 2.18. The number of nitrogen functional groups attached to an aromatic ring is 1. The normalized spacial score (nSPS) is 10.5. The van der Waals surface area contributed by atoms with E-state index in [1.165, 1.54) is 5.56 Å². The zero-order chi connectivity index (χ0) is 14.7. The summed E-state index contributed by atoms with van der Waals surface area (Å²) >= 11 is 0. The number of amides is 1. The van der Waals surface area contributed by atoms with E-state index >= 15 is 0 Å². The minimum atomic E-state index is -0.467. The van der Waals surface area contributed by atoms with Crippen molar-refractivity contribution < 1.29 is 4.79 Å². The lowest BCUT2D eigenvalue weighted by Gasteiger charge is -2.08. The van der Waals surface area contributed by atoms with Crippen molar-refractivity contribution in [1.29, 1.82) is 0 Å². The van der Waals surface area contributed by atoms with Gasteiger partial charge in [0.2, 0.25) is 0 Å². The Bertz CT molecular complexity index is 615. The average molecular weight is 273 g/mol. The number of carbonyl (C=O) groups is 1. The summed E-state index contributed by atoms with van der Waals surface area (Å²) in [5.74, 6) is 0.191. The summed E-state index contributed by atoms with van der Waals surface area (Å²) in [6.07, 6.45) is 0.822. The molecule has 0 radical (unpaired) electrons. The zero-order valence-corrected chi connectivity index (χ0v) is 11.7. The molecule has 0 aliphatic rings. The first kappa shape index (κ1) is 13.9. The highest BCUT2D eigenvalue weighted by molar-refractivity contribution is 5.98. The summed E-state index contributed by atoms with van der Waals surface area (Å²) in [6, 6.07) is 7.72. The first-order valence-corrected chi connectivity index (χ1v) is 6.40. The molecule has 2 rings (SSSR count). The fourth-order valence-corrected chi connectivity index (χ4v) is 2.17. The molecule has 1 heterocycles. The van der Waals surface area contributed by atoms with Gasteiger partial charge in [-0.25, -0.2) is 0 Å². The molecule has 1 aromatic carbocycles. The van der Waals surface area contributed by atoms with Crippen molar-refractivity contribution in [2.24, 2.45) is 12.8 Å². The average Bonchev–Trinajstić information content (AvgIpc) is 2.66. The summed E-state index contributed by atoms with van der Waals surface area (Å²) in [5.41, 5.74) is 14.0. The Hall–Kier alpha value is -2.50. The van der Waals surface area contributed by atoms with E-state index in [-0.39, 0.29) is 0 Å². The molecule has 1 amide bonds. The van der Waals surface area contributed by atoms with E-state index in [2.05, 4.69) is 10.4 Å². The van der Waals surface area contributed by atoms with E-state index < -0.39 is 5.91 Å². The predicted octanol–water partition coefficient (Wildman–Crippen LogP) is 1.06. The zero-order valence-electron chi connectivity index (χ0n) is 11.7. The third kappa shape index (κ3) is 2.90. The van der Waals surface area contributed by atoms with Gasteiger partial charge in [-0.2, -0.15) is 5.10 Å². The number of rotatable bonds is 5. The standard InChI is InChI=1S/C14H19N5O/c1-9-12(13(16)20)14(19(2)18-9)17-8-7-10-3-5-11(15)6-4-10/h3-6,17H,7-8,15H2,1-2H3,(H2,16,20). The molecule has 0 spiro atoms. The number of anilines is 2. The van der Waals surface area contributed by atoms with Crippen molar-refractivity contribution in [2.45, 2.75) is 13.3 Å². The van der Waals surface area contributed by atoms with Crippen molar-refractivity contribution in [3.63, 3.8) is 0 Å². The number of carbonyl (C=O) groups excluding carboxylic acids is 1. The molecule has 0 fully saturated rings. The van der Waals surface area contributed by atoms with Crippen molar-refractivity contribution in [3.8, 4) is 0 Å². The molecule has 0 aliphatic carbocycles. The smallest absolute Gasteiger partial charge is 0.254 e. The Balaban J connectivity index is 2.04. The summed E-state index contributed by atoms with van der Waals surface area (Å²) in [4.78, 5) is 11.4. The molecular formula is C14H19N5O. The number of nitrogens with zero attached hydrogens (tertiary/aromatic N) is 2. The van der Waals surface area contributed by atoms with Crippen LogP contribution in [0.2, 0.25) is 0 Å². The molecule has 0 atom stereocenters. The van der Waals surface area contributed by atoms with Crippen molar-refractivity contribution in [1.82, 2.24) is 9.78 Å². The molecule has 0 bridgehead atoms. The number of nitrogens with two attached hydrogens (primary N) is 2. The molecular weight excluding hydrogens is 254 g/mol. The van der Waals surface area contributed by atoms with Crippen LogP contribution >= 0.6 is 0 Å². The lowest BCUT2D eigenvalue weighted by atomic mass is 10.1. The van der Waals surface area contributed by atoms with Crippen LogP contribution < -0.4 is 16.8 Å². The summed E-state index contributed by atoms with van der Waals surface area (Å²) in [6.45, 7) is 2.45. The number of nitrogens with one attached hydrogen (secondary N) is 1. The van der Waals surface area contributed by atoms with E-state index in [9.17, 15) is 4.79 Å². The molecule has 6 heteroatoms. The number of primary amides is 1. The van der Waals surface area contributed by atoms with E-state index in [0.717, 1.165) is 12.1 Å². The molecule has 2 aromatic rings. The van der Waals surface area contributed by atoms with Gasteiger partial charge in [0.1, 0.15) is 11.4 Å². The fraction of sp³-hybridized carbons (Fsp3) is 0.286. The highest BCUT2D eigenvalue weighted by Gasteiger charge is 2.17. The third-order valence-corrected chi connectivity index (χ3v) is 3.15. The topological polar surface area (TPSA) is 99.0 Å². The fourth-order valence-electron chi connectivity index (χ4n) is 2.17. The van der Waals surface area contributed by atoms with Gasteiger partial charge in [-0.05, 0) is 31.0 Å². The minimum absolute atomic E-state index is 0.449. The lowest BCUT2D eigenvalue weighted by Crippen LogP contribution is -2.16. The molecule has 106 valence electrons. The van der Waals surface area contributed by atoms with E-state index in [1.807, 2.05) is 24.3 Å². The van der Waals surface area contributed by atoms with Gasteiger partial charge in [0.15, 0.2) is 0 Å². The molecule has 0 aliphatic heterocycles. The maximum atomic E-state index is 11.4. The molecule has 0 unspecified atom stereocenters. The Labute approximate surface area is 117 Å². The van der Waals surface area contributed by atoms with Crippen LogP contribution in [0.15, 0.2) is 24.3 Å². The summed E-state index contributed by atoms with van der Waals surface area (Å²) < 4.78 is 1.64. The maximum absolute atomic E-state index is 11.4. The van der Waals surface area contributed by atoms with Gasteiger partial charge in [0, 0.05) is 19.3 Å². The third-order valence-electron chi connectivity index (χ3n) is 3.15. The quantitative estimate of drug-likeness (QED) is 0.709. The second kappa shape index (κ2) is 5.64. The summed E-state index contributed by atoms with van der Waals surface area (Å²) in [7, 11) is 1.78. The predicted molar refractivity (Wildman–Crippen MR) is 79.5 cm³/mol. The molecule has 6 nitrogen and oxygen atoms in total. The second-order valence-electron chi connectivity index (χ2n) is 4.72. The van der Waals surface area contributed by atoms with Crippen LogP contribution in [0.1, 0.15) is 21.6 Å². The van der Waals surface area contributed by atoms with Crippen LogP contribution in [0.5, 0.6) is 0 Å². The number of benzene rings is 1. The van der Waals surface area contributed by atoms with Gasteiger partial charge in [-0.1, -0.05) is 12.1 Å². The van der Waals surface area contributed by atoms with Gasteiger partial charge in [0.25, 0.3) is 5.91 Å². The van der Waals surface area contributed by atoms with Crippen LogP contribution in [0.4, 0.5) is 11.5 Å². The summed E-state index contributed by atoms with van der Waals surface area (Å²) in [5, 5.41) is 7.42. The molecule has 20 heavy (non-hydrogen) atoms. The van der Waals surface area contributed by atoms with Gasteiger partial charge in [0.05, 0.1) is 5.69 Å². The Kier molecular flexibility index (Phi) is 3.93. The molecule has 1 aromatic heterocycles. The first-order valence-electron chi connectivity index (χ1n) is 6.40. The highest BCUT2D eigenvalue weighted by atomic mass is 16.1. The van der Waals surface area contributed by atoms with Crippen molar-refractivity contribution >= 4 is 17.4 Å². The Morgan fingerprint density at radius 2 is 2.00 bits per heavy atom. The van der Waals surface area contributed by atoms with E-state index in [0.29, 0.717) is 23.6 Å². The van der Waals surface area contributed by atoms with Crippen molar-refractivity contribution in [2.75, 3.05) is 17.6 Å². The van der Waals surface area contributed by atoms with Gasteiger partial charge >= 0.3 is 0 Å². The van der Waals surface area contributed by atoms with E-state index in [4.69, 9.17) is 11.5 Å². The Morgan fingerprint density at radius 3 is 2.60 bits per heavy atom. The van der Waals surface area contributed by atoms with Crippen LogP contribution in [-0.4, -0.2) is 22.2 Å². The molecule has 5 N–H and O–H groups in total.